The first kappa shape index (κ1) is 16.2. The quantitative estimate of drug-likeness (QED) is 0.825. The molecule has 0 amide bonds. The number of thiocarbonyl (C=S) groups is 1. The maximum Gasteiger partial charge on any atom is 0.172 e. The Morgan fingerprint density at radius 3 is 2.82 bits per heavy atom. The zero-order chi connectivity index (χ0) is 15.9. The molecule has 4 nitrogen and oxygen atoms in total. The minimum absolute atomic E-state index is 0.165. The van der Waals surface area contributed by atoms with E-state index in [1.54, 1.807) is 6.20 Å². The molecule has 0 aliphatic rings. The van der Waals surface area contributed by atoms with Crippen molar-refractivity contribution in [3.8, 4) is 5.75 Å². The Morgan fingerprint density at radius 1 is 1.27 bits per heavy atom. The Balaban J connectivity index is 1.88. The van der Waals surface area contributed by atoms with E-state index in [4.69, 9.17) is 17.0 Å². The second-order valence-electron chi connectivity index (χ2n) is 5.34. The van der Waals surface area contributed by atoms with E-state index < -0.39 is 0 Å². The number of rotatable bonds is 5. The van der Waals surface area contributed by atoms with Crippen LogP contribution < -0.4 is 15.4 Å². The normalized spacial score (nSPS) is 10.4. The van der Waals surface area contributed by atoms with Crippen molar-refractivity contribution < 1.29 is 4.74 Å². The van der Waals surface area contributed by atoms with Crippen LogP contribution in [-0.2, 0) is 6.54 Å². The van der Waals surface area contributed by atoms with Gasteiger partial charge in [-0.1, -0.05) is 12.1 Å². The maximum absolute atomic E-state index is 5.68. The Labute approximate surface area is 136 Å². The Morgan fingerprint density at radius 2 is 2.09 bits per heavy atom. The third-order valence-corrected chi connectivity index (χ3v) is 3.13. The van der Waals surface area contributed by atoms with Crippen molar-refractivity contribution in [2.45, 2.75) is 33.4 Å². The highest BCUT2D eigenvalue weighted by Crippen LogP contribution is 2.14. The van der Waals surface area contributed by atoms with Gasteiger partial charge in [-0.3, -0.25) is 0 Å². The van der Waals surface area contributed by atoms with Gasteiger partial charge >= 0.3 is 0 Å². The molecule has 0 unspecified atom stereocenters. The first-order chi connectivity index (χ1) is 10.5. The van der Waals surface area contributed by atoms with Gasteiger partial charge in [-0.25, -0.2) is 4.98 Å². The topological polar surface area (TPSA) is 46.2 Å². The molecule has 0 aliphatic carbocycles. The van der Waals surface area contributed by atoms with Crippen molar-refractivity contribution >= 4 is 23.1 Å². The Bertz CT molecular complexity index is 643. The first-order valence-corrected chi connectivity index (χ1v) is 7.67. The highest BCUT2D eigenvalue weighted by Gasteiger charge is 2.02. The molecule has 5 heteroatoms. The summed E-state index contributed by atoms with van der Waals surface area (Å²) in [6, 6.07) is 11.9. The molecule has 0 bridgehead atoms. The van der Waals surface area contributed by atoms with Crippen LogP contribution in [0.25, 0.3) is 0 Å². The third kappa shape index (κ3) is 5.33. The van der Waals surface area contributed by atoms with E-state index in [2.05, 4.69) is 15.6 Å². The average Bonchev–Trinajstić information content (AvgIpc) is 2.45. The van der Waals surface area contributed by atoms with Gasteiger partial charge in [0.15, 0.2) is 5.11 Å². The summed E-state index contributed by atoms with van der Waals surface area (Å²) in [5.74, 6) is 1.61. The summed E-state index contributed by atoms with van der Waals surface area (Å²) in [6.45, 7) is 6.67. The van der Waals surface area contributed by atoms with E-state index in [1.807, 2.05) is 57.2 Å². The van der Waals surface area contributed by atoms with Gasteiger partial charge in [0.25, 0.3) is 0 Å². The van der Waals surface area contributed by atoms with Crippen LogP contribution in [0.2, 0.25) is 0 Å². The van der Waals surface area contributed by atoms with Crippen LogP contribution in [0.1, 0.15) is 25.0 Å². The molecule has 0 atom stereocenters. The van der Waals surface area contributed by atoms with E-state index >= 15 is 0 Å². The van der Waals surface area contributed by atoms with Crippen molar-refractivity contribution in [3.63, 3.8) is 0 Å². The molecule has 0 radical (unpaired) electrons. The molecule has 2 aromatic rings. The lowest BCUT2D eigenvalue weighted by molar-refractivity contribution is 0.242. The van der Waals surface area contributed by atoms with Gasteiger partial charge in [-0.15, -0.1) is 0 Å². The smallest absolute Gasteiger partial charge is 0.172 e. The minimum Gasteiger partial charge on any atom is -0.491 e. The third-order valence-electron chi connectivity index (χ3n) is 2.88. The molecule has 0 aliphatic heterocycles. The monoisotopic (exact) mass is 315 g/mol. The SMILES string of the molecule is Cc1ccnc(NC(=S)NCc2cccc(OC(C)C)c2)c1. The molecule has 1 aromatic heterocycles. The predicted octanol–water partition coefficient (Wildman–Crippen LogP) is 3.66. The number of anilines is 1. The van der Waals surface area contributed by atoms with Crippen LogP contribution >= 0.6 is 12.2 Å². The van der Waals surface area contributed by atoms with E-state index in [-0.39, 0.29) is 6.10 Å². The van der Waals surface area contributed by atoms with Gasteiger partial charge < -0.3 is 15.4 Å². The molecular weight excluding hydrogens is 294 g/mol. The first-order valence-electron chi connectivity index (χ1n) is 7.26. The Hall–Kier alpha value is -2.14. The molecule has 0 spiro atoms. The molecule has 2 N–H and O–H groups in total. The lowest BCUT2D eigenvalue weighted by Crippen LogP contribution is -2.28. The number of aryl methyl sites for hydroxylation is 1. The summed E-state index contributed by atoms with van der Waals surface area (Å²) in [5.41, 5.74) is 2.25. The summed E-state index contributed by atoms with van der Waals surface area (Å²) >= 11 is 5.29. The number of ether oxygens (including phenoxy) is 1. The van der Waals surface area contributed by atoms with Crippen molar-refractivity contribution in [2.75, 3.05) is 5.32 Å². The fraction of sp³-hybridized carbons (Fsp3) is 0.294. The van der Waals surface area contributed by atoms with E-state index in [1.165, 1.54) is 0 Å². The summed E-state index contributed by atoms with van der Waals surface area (Å²) in [6.07, 6.45) is 1.92. The number of pyridine rings is 1. The lowest BCUT2D eigenvalue weighted by atomic mass is 10.2. The fourth-order valence-corrected chi connectivity index (χ4v) is 2.13. The second-order valence-corrected chi connectivity index (χ2v) is 5.75. The van der Waals surface area contributed by atoms with Crippen LogP contribution in [0.15, 0.2) is 42.6 Å². The van der Waals surface area contributed by atoms with Gasteiger partial charge in [0, 0.05) is 12.7 Å². The highest BCUT2D eigenvalue weighted by molar-refractivity contribution is 7.80. The summed E-state index contributed by atoms with van der Waals surface area (Å²) in [5, 5.41) is 6.80. The van der Waals surface area contributed by atoms with E-state index in [9.17, 15) is 0 Å². The molecule has 116 valence electrons. The zero-order valence-electron chi connectivity index (χ0n) is 13.1. The zero-order valence-corrected chi connectivity index (χ0v) is 13.9. The lowest BCUT2D eigenvalue weighted by Gasteiger charge is -2.13. The van der Waals surface area contributed by atoms with Crippen LogP contribution in [0.4, 0.5) is 5.82 Å². The largest absolute Gasteiger partial charge is 0.491 e. The minimum atomic E-state index is 0.165. The summed E-state index contributed by atoms with van der Waals surface area (Å²) in [4.78, 5) is 4.22. The molecule has 0 fully saturated rings. The molecule has 0 saturated heterocycles. The molecule has 1 heterocycles. The van der Waals surface area contributed by atoms with Gasteiger partial charge in [-0.05, 0) is 68.4 Å². The molecule has 1 aromatic carbocycles. The highest BCUT2D eigenvalue weighted by atomic mass is 32.1. The van der Waals surface area contributed by atoms with Crippen molar-refractivity contribution in [2.24, 2.45) is 0 Å². The number of nitrogens with one attached hydrogen (secondary N) is 2. The van der Waals surface area contributed by atoms with Crippen LogP contribution in [0, 0.1) is 6.92 Å². The van der Waals surface area contributed by atoms with Gasteiger partial charge in [-0.2, -0.15) is 0 Å². The number of benzene rings is 1. The van der Waals surface area contributed by atoms with Crippen molar-refractivity contribution in [3.05, 3.63) is 53.7 Å². The molecular formula is C17H21N3OS. The predicted molar refractivity (Wildman–Crippen MR) is 94.2 cm³/mol. The van der Waals surface area contributed by atoms with Gasteiger partial charge in [0.05, 0.1) is 6.10 Å². The number of hydrogen-bond donors (Lipinski definition) is 2. The molecule has 0 saturated carbocycles. The average molecular weight is 315 g/mol. The van der Waals surface area contributed by atoms with Gasteiger partial charge in [0.1, 0.15) is 11.6 Å². The van der Waals surface area contributed by atoms with Crippen molar-refractivity contribution in [1.82, 2.24) is 10.3 Å². The summed E-state index contributed by atoms with van der Waals surface area (Å²) in [7, 11) is 0. The van der Waals surface area contributed by atoms with Crippen LogP contribution in [0.3, 0.4) is 0 Å². The second kappa shape index (κ2) is 7.75. The van der Waals surface area contributed by atoms with Gasteiger partial charge in [0.2, 0.25) is 0 Å². The summed E-state index contributed by atoms with van der Waals surface area (Å²) < 4.78 is 5.68. The van der Waals surface area contributed by atoms with E-state index in [0.29, 0.717) is 11.7 Å². The number of nitrogens with zero attached hydrogens (tertiary/aromatic N) is 1. The van der Waals surface area contributed by atoms with Crippen molar-refractivity contribution in [1.29, 1.82) is 0 Å². The fourth-order valence-electron chi connectivity index (χ4n) is 1.95. The van der Waals surface area contributed by atoms with Crippen LogP contribution in [-0.4, -0.2) is 16.2 Å². The van der Waals surface area contributed by atoms with E-state index in [0.717, 1.165) is 22.7 Å². The standard InChI is InChI=1S/C17H21N3OS/c1-12(2)21-15-6-4-5-14(10-15)11-19-17(22)20-16-9-13(3)7-8-18-16/h4-10,12H,11H2,1-3H3,(H2,18,19,20,22). The molecule has 2 rings (SSSR count). The molecule has 22 heavy (non-hydrogen) atoms. The number of aromatic nitrogens is 1. The number of hydrogen-bond acceptors (Lipinski definition) is 3. The van der Waals surface area contributed by atoms with Crippen LogP contribution in [0.5, 0.6) is 5.75 Å². The maximum atomic E-state index is 5.68. The Kier molecular flexibility index (Phi) is 5.72.